The Hall–Kier alpha value is -1.04. The maximum absolute atomic E-state index is 15.0. The summed E-state index contributed by atoms with van der Waals surface area (Å²) in [4.78, 5) is 2.44. The van der Waals surface area contributed by atoms with Crippen LogP contribution in [0.2, 0.25) is 0 Å². The first-order valence-corrected chi connectivity index (χ1v) is 16.9. The van der Waals surface area contributed by atoms with Crippen molar-refractivity contribution in [3.8, 4) is 0 Å². The average Bonchev–Trinajstić information content (AvgIpc) is 3.55. The predicted octanol–water partition coefficient (Wildman–Crippen LogP) is 3.72. The number of nitrogens with zero attached hydrogens (tertiary/aromatic N) is 1. The number of fused-ring (bicyclic) bond motifs is 7. The fraction of sp³-hybridized carbons (Fsp3) is 0.778. The molecule has 12 heteroatoms. The summed E-state index contributed by atoms with van der Waals surface area (Å²) in [5.74, 6) is 0. The third kappa shape index (κ3) is 6.11. The summed E-state index contributed by atoms with van der Waals surface area (Å²) in [5, 5.41) is 3.62. The largest absolute Gasteiger partial charge is 0.421 e. The van der Waals surface area contributed by atoms with Gasteiger partial charge in [0.2, 0.25) is 5.60 Å². The van der Waals surface area contributed by atoms with E-state index in [0.717, 1.165) is 32.2 Å². The van der Waals surface area contributed by atoms with Crippen molar-refractivity contribution < 1.29 is 27.2 Å². The molecule has 0 spiro atoms. The van der Waals surface area contributed by atoms with Crippen molar-refractivity contribution in [2.24, 2.45) is 5.73 Å². The SMILES string of the molecule is CP(C)(=O)C1CC(N)C2NC1N1CCC[C@@H]1CCCCCC(OCc1ccccc1)(C(F)(F)F)C1NNC2O1. The molecule has 0 amide bonds. The molecule has 4 aliphatic rings. The molecule has 5 N–H and O–H groups in total. The monoisotopic (exact) mass is 573 g/mol. The highest BCUT2D eigenvalue weighted by Gasteiger charge is 2.63. The Bertz CT molecular complexity index is 1010. The minimum atomic E-state index is -4.68. The van der Waals surface area contributed by atoms with E-state index >= 15 is 0 Å². The van der Waals surface area contributed by atoms with Crippen molar-refractivity contribution in [2.45, 2.75) is 112 Å². The Morgan fingerprint density at radius 3 is 2.59 bits per heavy atom. The number of alkyl halides is 3. The molecule has 39 heavy (non-hydrogen) atoms. The number of nitrogens with two attached hydrogens (primary N) is 1. The molecule has 4 bridgehead atoms. The highest BCUT2D eigenvalue weighted by Crippen LogP contribution is 2.50. The van der Waals surface area contributed by atoms with Gasteiger partial charge in [0.15, 0.2) is 6.23 Å². The highest BCUT2D eigenvalue weighted by molar-refractivity contribution is 7.63. The van der Waals surface area contributed by atoms with Crippen LogP contribution in [0.25, 0.3) is 0 Å². The van der Waals surface area contributed by atoms with E-state index in [1.165, 1.54) is 0 Å². The molecule has 8 nitrogen and oxygen atoms in total. The Labute approximate surface area is 229 Å². The second-order valence-electron chi connectivity index (χ2n) is 12.1. The van der Waals surface area contributed by atoms with Crippen molar-refractivity contribution in [3.63, 3.8) is 0 Å². The van der Waals surface area contributed by atoms with Crippen LogP contribution in [0.3, 0.4) is 0 Å². The number of ether oxygens (including phenoxy) is 2. The Kier molecular flexibility index (Phi) is 8.82. The zero-order valence-corrected chi connectivity index (χ0v) is 23.7. The van der Waals surface area contributed by atoms with Gasteiger partial charge in [-0.15, -0.1) is 0 Å². The normalized spacial score (nSPS) is 38.8. The van der Waals surface area contributed by atoms with Crippen LogP contribution in [0.5, 0.6) is 0 Å². The third-order valence-electron chi connectivity index (χ3n) is 9.07. The summed E-state index contributed by atoms with van der Waals surface area (Å²) in [6.45, 7) is 4.35. The minimum Gasteiger partial charge on any atom is -0.357 e. The van der Waals surface area contributed by atoms with Gasteiger partial charge in [-0.05, 0) is 51.0 Å². The second kappa shape index (κ2) is 11.7. The van der Waals surface area contributed by atoms with E-state index in [1.807, 2.05) is 19.4 Å². The zero-order valence-electron chi connectivity index (χ0n) is 22.8. The second-order valence-corrected chi connectivity index (χ2v) is 15.6. The summed E-state index contributed by atoms with van der Waals surface area (Å²) in [6.07, 6.45) is -1.98. The van der Waals surface area contributed by atoms with Crippen molar-refractivity contribution >= 4 is 7.14 Å². The first-order valence-electron chi connectivity index (χ1n) is 14.2. The number of hydrogen-bond acceptors (Lipinski definition) is 8. The number of hydrogen-bond donors (Lipinski definition) is 4. The Morgan fingerprint density at radius 2 is 1.87 bits per heavy atom. The highest BCUT2D eigenvalue weighted by atomic mass is 31.2. The van der Waals surface area contributed by atoms with Crippen LogP contribution in [0.1, 0.15) is 56.9 Å². The number of rotatable bonds is 4. The number of halogens is 3. The summed E-state index contributed by atoms with van der Waals surface area (Å²) in [5.41, 5.74) is 10.4. The van der Waals surface area contributed by atoms with Gasteiger partial charge in [0.25, 0.3) is 0 Å². The van der Waals surface area contributed by atoms with Crippen molar-refractivity contribution in [3.05, 3.63) is 35.9 Å². The van der Waals surface area contributed by atoms with Gasteiger partial charge >= 0.3 is 6.18 Å². The quantitative estimate of drug-likeness (QED) is 0.405. The summed E-state index contributed by atoms with van der Waals surface area (Å²) in [6, 6.07) is 8.28. The Morgan fingerprint density at radius 1 is 1.13 bits per heavy atom. The van der Waals surface area contributed by atoms with Crippen molar-refractivity contribution in [2.75, 3.05) is 19.9 Å². The maximum Gasteiger partial charge on any atom is 0.421 e. The van der Waals surface area contributed by atoms with Crippen LogP contribution >= 0.6 is 7.14 Å². The lowest BCUT2D eigenvalue weighted by Gasteiger charge is -2.49. The zero-order chi connectivity index (χ0) is 27.8. The van der Waals surface area contributed by atoms with Crippen LogP contribution in [-0.4, -0.2) is 79.0 Å². The van der Waals surface area contributed by atoms with E-state index in [2.05, 4.69) is 21.1 Å². The first kappa shape index (κ1) is 29.5. The summed E-state index contributed by atoms with van der Waals surface area (Å²) < 4.78 is 70.3. The van der Waals surface area contributed by atoms with Crippen LogP contribution in [0.15, 0.2) is 30.3 Å². The number of benzene rings is 1. The van der Waals surface area contributed by atoms with Gasteiger partial charge in [-0.3, -0.25) is 10.2 Å². The molecule has 4 heterocycles. The van der Waals surface area contributed by atoms with Gasteiger partial charge in [0.1, 0.15) is 6.23 Å². The molecule has 0 aliphatic carbocycles. The number of hydrazine groups is 1. The predicted molar refractivity (Wildman–Crippen MR) is 144 cm³/mol. The molecule has 4 saturated heterocycles. The molecule has 0 saturated carbocycles. The molecule has 1 aromatic rings. The molecule has 7 unspecified atom stereocenters. The minimum absolute atomic E-state index is 0.133. The van der Waals surface area contributed by atoms with E-state index in [4.69, 9.17) is 15.2 Å². The number of nitrogens with one attached hydrogen (secondary N) is 3. The standard InChI is InChI=1S/C27H43F3N5O3P/c1-39(2,36)21-16-20(31)22-24-33-34-25(38-24)26(27(28,29)30,37-17-18-10-5-3-6-11-18)14-8-4-7-12-19-13-9-15-35(19)23(21)32-22/h3,5-6,10-11,19-25,32-34H,4,7-9,12-17,31H2,1-2H3/t19-,20?,21?,22?,23?,24?,25?,26?/m0/s1. The molecule has 0 aromatic heterocycles. The fourth-order valence-corrected chi connectivity index (χ4v) is 8.59. The fourth-order valence-electron chi connectivity index (χ4n) is 6.90. The van der Waals surface area contributed by atoms with Crippen LogP contribution < -0.4 is 21.9 Å². The van der Waals surface area contributed by atoms with Gasteiger partial charge < -0.3 is 19.8 Å². The number of piperidine rings is 1. The average molecular weight is 574 g/mol. The molecular weight excluding hydrogens is 530 g/mol. The molecular formula is C27H43F3N5O3P. The van der Waals surface area contributed by atoms with Gasteiger partial charge in [-0.1, -0.05) is 49.6 Å². The van der Waals surface area contributed by atoms with E-state index in [1.54, 1.807) is 24.3 Å². The smallest absolute Gasteiger partial charge is 0.357 e. The summed E-state index contributed by atoms with van der Waals surface area (Å²) in [7, 11) is -2.52. The van der Waals surface area contributed by atoms with E-state index in [0.29, 0.717) is 30.9 Å². The molecule has 8 atom stereocenters. The molecule has 220 valence electrons. The van der Waals surface area contributed by atoms with Gasteiger partial charge in [-0.2, -0.15) is 13.2 Å². The van der Waals surface area contributed by atoms with Crippen LogP contribution in [0, 0.1) is 0 Å². The third-order valence-corrected chi connectivity index (χ3v) is 11.2. The topological polar surface area (TPSA) is 101 Å². The Balaban J connectivity index is 1.45. The van der Waals surface area contributed by atoms with E-state index in [-0.39, 0.29) is 24.9 Å². The van der Waals surface area contributed by atoms with Crippen molar-refractivity contribution in [1.82, 2.24) is 21.1 Å². The van der Waals surface area contributed by atoms with Gasteiger partial charge in [0, 0.05) is 24.3 Å². The van der Waals surface area contributed by atoms with Gasteiger partial charge in [-0.25, -0.2) is 10.9 Å². The van der Waals surface area contributed by atoms with Gasteiger partial charge in [0.05, 0.1) is 26.0 Å². The summed E-state index contributed by atoms with van der Waals surface area (Å²) >= 11 is 0. The van der Waals surface area contributed by atoms with Crippen LogP contribution in [-0.2, 0) is 20.6 Å². The molecule has 4 fully saturated rings. The molecule has 4 aliphatic heterocycles. The lowest BCUT2D eigenvalue weighted by atomic mass is 9.91. The lowest BCUT2D eigenvalue weighted by Crippen LogP contribution is -2.70. The molecule has 5 rings (SSSR count). The first-order chi connectivity index (χ1) is 18.5. The van der Waals surface area contributed by atoms with Crippen LogP contribution in [0.4, 0.5) is 13.2 Å². The molecule has 0 radical (unpaired) electrons. The molecule has 1 aromatic carbocycles. The maximum atomic E-state index is 15.0. The van der Waals surface area contributed by atoms with E-state index < -0.39 is 43.5 Å². The van der Waals surface area contributed by atoms with E-state index in [9.17, 15) is 17.7 Å². The van der Waals surface area contributed by atoms with Crippen molar-refractivity contribution in [1.29, 1.82) is 0 Å². The lowest BCUT2D eigenvalue weighted by molar-refractivity contribution is -0.320.